The molecule has 5 nitrogen and oxygen atoms in total. The van der Waals surface area contributed by atoms with Crippen molar-refractivity contribution in [2.75, 3.05) is 0 Å². The molecule has 5 heteroatoms. The highest BCUT2D eigenvalue weighted by Crippen LogP contribution is 2.36. The van der Waals surface area contributed by atoms with Crippen molar-refractivity contribution in [3.8, 4) is 67.7 Å². The van der Waals surface area contributed by atoms with Gasteiger partial charge in [0.25, 0.3) is 0 Å². The van der Waals surface area contributed by atoms with Crippen LogP contribution in [-0.2, 0) is 0 Å². The first-order valence-corrected chi connectivity index (χ1v) is 15.2. The van der Waals surface area contributed by atoms with E-state index in [1.807, 2.05) is 60.9 Å². The summed E-state index contributed by atoms with van der Waals surface area (Å²) in [7, 11) is 0. The summed E-state index contributed by atoms with van der Waals surface area (Å²) in [5.41, 5.74) is 9.13. The van der Waals surface area contributed by atoms with E-state index in [2.05, 4.69) is 102 Å². The number of aromatic nitrogens is 5. The molecule has 216 valence electrons. The molecule has 3 aromatic heterocycles. The lowest BCUT2D eigenvalue weighted by Crippen LogP contribution is -2.01. The van der Waals surface area contributed by atoms with Gasteiger partial charge in [0, 0.05) is 52.0 Å². The van der Waals surface area contributed by atoms with Gasteiger partial charge in [0.1, 0.15) is 0 Å². The van der Waals surface area contributed by atoms with Crippen molar-refractivity contribution < 1.29 is 0 Å². The minimum absolute atomic E-state index is 0.624. The second kappa shape index (κ2) is 12.0. The van der Waals surface area contributed by atoms with Gasteiger partial charge in [-0.15, -0.1) is 0 Å². The lowest BCUT2D eigenvalue weighted by atomic mass is 9.96. The molecule has 0 bridgehead atoms. The maximum Gasteiger partial charge on any atom is 0.164 e. The fourth-order valence-corrected chi connectivity index (χ4v) is 5.76. The summed E-state index contributed by atoms with van der Waals surface area (Å²) in [5, 5.41) is 2.13. The van der Waals surface area contributed by atoms with Crippen molar-refractivity contribution in [1.29, 1.82) is 0 Å². The Morgan fingerprint density at radius 1 is 0.326 bits per heavy atom. The third-order valence-corrected chi connectivity index (χ3v) is 8.12. The summed E-state index contributed by atoms with van der Waals surface area (Å²) in [6.45, 7) is 0. The van der Waals surface area contributed by atoms with E-state index in [9.17, 15) is 0 Å². The molecule has 0 spiro atoms. The average molecular weight is 590 g/mol. The van der Waals surface area contributed by atoms with E-state index in [-0.39, 0.29) is 0 Å². The molecule has 0 saturated heterocycles. The quantitative estimate of drug-likeness (QED) is 0.193. The van der Waals surface area contributed by atoms with Gasteiger partial charge in [0.15, 0.2) is 17.5 Å². The van der Waals surface area contributed by atoms with E-state index >= 15 is 0 Å². The number of fused-ring (bicyclic) bond motifs is 1. The maximum atomic E-state index is 5.06. The fraction of sp³-hybridized carbons (Fsp3) is 0. The van der Waals surface area contributed by atoms with Gasteiger partial charge < -0.3 is 0 Å². The molecule has 0 aliphatic carbocycles. The third kappa shape index (κ3) is 5.31. The maximum absolute atomic E-state index is 5.06. The molecule has 0 amide bonds. The second-order valence-corrected chi connectivity index (χ2v) is 11.0. The lowest BCUT2D eigenvalue weighted by molar-refractivity contribution is 1.08. The number of hydrogen-bond acceptors (Lipinski definition) is 5. The van der Waals surface area contributed by atoms with Crippen molar-refractivity contribution in [3.63, 3.8) is 0 Å². The summed E-state index contributed by atoms with van der Waals surface area (Å²) < 4.78 is 0. The van der Waals surface area contributed by atoms with Crippen LogP contribution in [0.1, 0.15) is 0 Å². The SMILES string of the molecule is c1ccc(-c2ccc(-c3nc(-c4ccccc4)nc(-c4ccc(-c5ccc(-c6cccnc6)cn5)c5ccccc45)n3)cc2)cc1. The van der Waals surface area contributed by atoms with Crippen molar-refractivity contribution in [3.05, 3.63) is 164 Å². The van der Waals surface area contributed by atoms with Gasteiger partial charge in [0.2, 0.25) is 0 Å². The molecular formula is C41H27N5. The van der Waals surface area contributed by atoms with Crippen LogP contribution in [0.2, 0.25) is 0 Å². The molecule has 0 saturated carbocycles. The molecule has 0 aliphatic heterocycles. The number of nitrogens with zero attached hydrogens (tertiary/aromatic N) is 5. The molecule has 0 aliphatic rings. The zero-order valence-electron chi connectivity index (χ0n) is 24.8. The smallest absolute Gasteiger partial charge is 0.164 e. The average Bonchev–Trinajstić information content (AvgIpc) is 3.15. The zero-order valence-corrected chi connectivity index (χ0v) is 24.8. The molecule has 0 radical (unpaired) electrons. The fourth-order valence-electron chi connectivity index (χ4n) is 5.76. The lowest BCUT2D eigenvalue weighted by Gasteiger charge is -2.13. The Bertz CT molecular complexity index is 2270. The Morgan fingerprint density at radius 2 is 0.826 bits per heavy atom. The van der Waals surface area contributed by atoms with Gasteiger partial charge in [-0.25, -0.2) is 15.0 Å². The molecule has 0 N–H and O–H groups in total. The molecule has 0 atom stereocenters. The largest absolute Gasteiger partial charge is 0.264 e. The Morgan fingerprint density at radius 3 is 1.48 bits per heavy atom. The molecule has 46 heavy (non-hydrogen) atoms. The van der Waals surface area contributed by atoms with E-state index < -0.39 is 0 Å². The Kier molecular flexibility index (Phi) is 7.09. The predicted octanol–water partition coefficient (Wildman–Crippen LogP) is 9.82. The van der Waals surface area contributed by atoms with Crippen LogP contribution < -0.4 is 0 Å². The van der Waals surface area contributed by atoms with Gasteiger partial charge in [-0.2, -0.15) is 0 Å². The summed E-state index contributed by atoms with van der Waals surface area (Å²) in [4.78, 5) is 24.1. The number of rotatable bonds is 6. The van der Waals surface area contributed by atoms with Gasteiger partial charge in [-0.1, -0.05) is 127 Å². The van der Waals surface area contributed by atoms with Crippen LogP contribution in [0.3, 0.4) is 0 Å². The molecule has 0 fully saturated rings. The Balaban J connectivity index is 1.24. The molecule has 8 aromatic rings. The van der Waals surface area contributed by atoms with Crippen LogP contribution >= 0.6 is 0 Å². The van der Waals surface area contributed by atoms with Crippen molar-refractivity contribution in [1.82, 2.24) is 24.9 Å². The Labute approximate surface area is 267 Å². The number of hydrogen-bond donors (Lipinski definition) is 0. The minimum Gasteiger partial charge on any atom is -0.264 e. The van der Waals surface area contributed by atoms with Gasteiger partial charge in [0.05, 0.1) is 5.69 Å². The van der Waals surface area contributed by atoms with Crippen LogP contribution in [0.4, 0.5) is 0 Å². The topological polar surface area (TPSA) is 64.5 Å². The summed E-state index contributed by atoms with van der Waals surface area (Å²) >= 11 is 0. The van der Waals surface area contributed by atoms with Crippen LogP contribution in [0.15, 0.2) is 164 Å². The van der Waals surface area contributed by atoms with Gasteiger partial charge in [-0.05, 0) is 40.1 Å². The standard InChI is InChI=1S/C41H27N5/c1-3-10-28(11-4-1)29-17-19-31(20-18-29)40-44-39(30-12-5-2-6-13-30)45-41(46-40)37-23-22-36(34-15-7-8-16-35(34)37)38-24-21-33(27-43-38)32-14-9-25-42-26-32/h1-27H. The monoisotopic (exact) mass is 589 g/mol. The third-order valence-electron chi connectivity index (χ3n) is 8.12. The van der Waals surface area contributed by atoms with E-state index in [1.54, 1.807) is 6.20 Å². The molecular weight excluding hydrogens is 562 g/mol. The predicted molar refractivity (Wildman–Crippen MR) is 186 cm³/mol. The molecule has 0 unspecified atom stereocenters. The van der Waals surface area contributed by atoms with Crippen LogP contribution in [0, 0.1) is 0 Å². The highest BCUT2D eigenvalue weighted by Gasteiger charge is 2.16. The molecule has 5 aromatic carbocycles. The summed E-state index contributed by atoms with van der Waals surface area (Å²) in [5.74, 6) is 1.89. The first kappa shape index (κ1) is 27.2. The van der Waals surface area contributed by atoms with Crippen molar-refractivity contribution >= 4 is 10.8 Å². The zero-order chi connectivity index (χ0) is 30.7. The Hall–Kier alpha value is -6.33. The first-order valence-electron chi connectivity index (χ1n) is 15.2. The number of benzene rings is 5. The number of pyridine rings is 2. The molecule has 3 heterocycles. The first-order chi connectivity index (χ1) is 22.8. The van der Waals surface area contributed by atoms with E-state index in [1.165, 1.54) is 5.56 Å². The normalized spacial score (nSPS) is 11.0. The molecule has 8 rings (SSSR count). The summed E-state index contributed by atoms with van der Waals surface area (Å²) in [6.07, 6.45) is 5.53. The van der Waals surface area contributed by atoms with Crippen LogP contribution in [0.25, 0.3) is 78.4 Å². The van der Waals surface area contributed by atoms with Crippen molar-refractivity contribution in [2.45, 2.75) is 0 Å². The minimum atomic E-state index is 0.624. The van der Waals surface area contributed by atoms with Gasteiger partial charge in [-0.3, -0.25) is 9.97 Å². The van der Waals surface area contributed by atoms with E-state index in [0.717, 1.165) is 55.4 Å². The van der Waals surface area contributed by atoms with E-state index in [0.29, 0.717) is 17.5 Å². The highest BCUT2D eigenvalue weighted by molar-refractivity contribution is 6.03. The van der Waals surface area contributed by atoms with Crippen LogP contribution in [0.5, 0.6) is 0 Å². The highest BCUT2D eigenvalue weighted by atomic mass is 15.0. The van der Waals surface area contributed by atoms with Crippen molar-refractivity contribution in [2.24, 2.45) is 0 Å². The van der Waals surface area contributed by atoms with Gasteiger partial charge >= 0.3 is 0 Å². The summed E-state index contributed by atoms with van der Waals surface area (Å²) in [6, 6.07) is 49.5. The van der Waals surface area contributed by atoms with Crippen LogP contribution in [-0.4, -0.2) is 24.9 Å². The second-order valence-electron chi connectivity index (χ2n) is 11.0. The van der Waals surface area contributed by atoms with E-state index in [4.69, 9.17) is 19.9 Å².